The summed E-state index contributed by atoms with van der Waals surface area (Å²) < 4.78 is 5.75. The monoisotopic (exact) mass is 312 g/mol. The predicted octanol–water partition coefficient (Wildman–Crippen LogP) is 3.24. The van der Waals surface area contributed by atoms with Crippen molar-refractivity contribution in [3.05, 3.63) is 63.7 Å². The molecule has 1 aliphatic rings. The van der Waals surface area contributed by atoms with Gasteiger partial charge in [0.2, 0.25) is 0 Å². The minimum Gasteiger partial charge on any atom is -0.480 e. The Bertz CT molecular complexity index is 773. The molecule has 6 nitrogen and oxygen atoms in total. The zero-order valence-corrected chi connectivity index (χ0v) is 12.6. The van der Waals surface area contributed by atoms with E-state index in [4.69, 9.17) is 4.74 Å². The minimum absolute atomic E-state index is 0.0619. The molecule has 1 aliphatic heterocycles. The first-order valence-electron chi connectivity index (χ1n) is 7.34. The molecule has 1 amide bonds. The lowest BCUT2D eigenvalue weighted by atomic mass is 10.00. The summed E-state index contributed by atoms with van der Waals surface area (Å²) >= 11 is 0. The first-order valence-corrected chi connectivity index (χ1v) is 7.34. The molecule has 0 saturated carbocycles. The van der Waals surface area contributed by atoms with Gasteiger partial charge in [-0.2, -0.15) is 0 Å². The molecule has 3 rings (SSSR count). The summed E-state index contributed by atoms with van der Waals surface area (Å²) in [5.41, 5.74) is 2.59. The van der Waals surface area contributed by atoms with E-state index in [9.17, 15) is 14.9 Å². The summed E-state index contributed by atoms with van der Waals surface area (Å²) in [7, 11) is 0. The number of nitro groups is 1. The number of carbonyl (C=O) groups is 1. The van der Waals surface area contributed by atoms with Crippen molar-refractivity contribution in [3.8, 4) is 5.75 Å². The number of nitrogens with one attached hydrogen (secondary N) is 1. The minimum atomic E-state index is -0.593. The molecule has 1 atom stereocenters. The van der Waals surface area contributed by atoms with Crippen LogP contribution in [-0.2, 0) is 11.2 Å². The van der Waals surface area contributed by atoms with Crippen LogP contribution in [0.4, 0.5) is 11.4 Å². The fourth-order valence-corrected chi connectivity index (χ4v) is 2.62. The Balaban J connectivity index is 1.71. The number of nitro benzene ring substituents is 1. The van der Waals surface area contributed by atoms with E-state index < -0.39 is 11.0 Å². The highest BCUT2D eigenvalue weighted by Gasteiger charge is 2.26. The van der Waals surface area contributed by atoms with Gasteiger partial charge < -0.3 is 10.1 Å². The van der Waals surface area contributed by atoms with Crippen molar-refractivity contribution in [3.63, 3.8) is 0 Å². The van der Waals surface area contributed by atoms with Gasteiger partial charge in [0, 0.05) is 17.8 Å². The highest BCUT2D eigenvalue weighted by molar-refractivity contribution is 5.94. The molecular weight excluding hydrogens is 296 g/mol. The predicted molar refractivity (Wildman–Crippen MR) is 85.6 cm³/mol. The Morgan fingerprint density at radius 2 is 2.13 bits per heavy atom. The van der Waals surface area contributed by atoms with Crippen LogP contribution in [0.2, 0.25) is 0 Å². The van der Waals surface area contributed by atoms with E-state index in [1.165, 1.54) is 18.2 Å². The molecule has 0 bridgehead atoms. The van der Waals surface area contributed by atoms with Crippen molar-refractivity contribution < 1.29 is 14.5 Å². The van der Waals surface area contributed by atoms with Crippen molar-refractivity contribution in [1.29, 1.82) is 0 Å². The molecular formula is C17H16N2O4. The van der Waals surface area contributed by atoms with E-state index >= 15 is 0 Å². The lowest BCUT2D eigenvalue weighted by molar-refractivity contribution is -0.384. The van der Waals surface area contributed by atoms with Crippen LogP contribution >= 0.6 is 0 Å². The van der Waals surface area contributed by atoms with Crippen molar-refractivity contribution in [1.82, 2.24) is 0 Å². The smallest absolute Gasteiger partial charge is 0.271 e. The quantitative estimate of drug-likeness (QED) is 0.697. The maximum Gasteiger partial charge on any atom is 0.271 e. The van der Waals surface area contributed by atoms with E-state index in [0.29, 0.717) is 12.1 Å². The van der Waals surface area contributed by atoms with Gasteiger partial charge in [0.15, 0.2) is 6.10 Å². The van der Waals surface area contributed by atoms with Gasteiger partial charge in [-0.15, -0.1) is 0 Å². The molecule has 0 radical (unpaired) electrons. The van der Waals surface area contributed by atoms with E-state index in [1.807, 2.05) is 19.1 Å². The summed E-state index contributed by atoms with van der Waals surface area (Å²) in [5, 5.41) is 13.5. The van der Waals surface area contributed by atoms with E-state index in [-0.39, 0.29) is 11.6 Å². The second-order valence-corrected chi connectivity index (χ2v) is 5.55. The lowest BCUT2D eigenvalue weighted by Crippen LogP contribution is -2.35. The van der Waals surface area contributed by atoms with Gasteiger partial charge in [-0.1, -0.05) is 23.8 Å². The van der Waals surface area contributed by atoms with Crippen molar-refractivity contribution in [2.45, 2.75) is 25.9 Å². The molecule has 0 fully saturated rings. The van der Waals surface area contributed by atoms with Gasteiger partial charge in [-0.3, -0.25) is 14.9 Å². The van der Waals surface area contributed by atoms with Gasteiger partial charge in [0.25, 0.3) is 11.6 Å². The summed E-state index contributed by atoms with van der Waals surface area (Å²) in [6.45, 7) is 2.02. The Morgan fingerprint density at radius 1 is 1.30 bits per heavy atom. The third-order valence-electron chi connectivity index (χ3n) is 3.78. The number of ether oxygens (including phenoxy) is 1. The topological polar surface area (TPSA) is 81.5 Å². The molecule has 1 unspecified atom stereocenters. The molecule has 1 N–H and O–H groups in total. The van der Waals surface area contributed by atoms with Crippen LogP contribution < -0.4 is 10.1 Å². The summed E-state index contributed by atoms with van der Waals surface area (Å²) in [4.78, 5) is 22.6. The number of non-ortho nitro benzene ring substituents is 1. The van der Waals surface area contributed by atoms with Crippen LogP contribution in [0.3, 0.4) is 0 Å². The average molecular weight is 312 g/mol. The van der Waals surface area contributed by atoms with Gasteiger partial charge in [-0.25, -0.2) is 0 Å². The molecule has 0 saturated heterocycles. The number of anilines is 1. The summed E-state index contributed by atoms with van der Waals surface area (Å²) in [6, 6.07) is 11.7. The number of hydrogen-bond acceptors (Lipinski definition) is 4. The maximum absolute atomic E-state index is 12.3. The van der Waals surface area contributed by atoms with Crippen LogP contribution in [-0.4, -0.2) is 16.9 Å². The van der Waals surface area contributed by atoms with Crippen molar-refractivity contribution >= 4 is 17.3 Å². The number of amides is 1. The molecule has 0 aromatic heterocycles. The largest absolute Gasteiger partial charge is 0.480 e. The van der Waals surface area contributed by atoms with Crippen molar-refractivity contribution in [2.75, 3.05) is 5.32 Å². The highest BCUT2D eigenvalue weighted by atomic mass is 16.6. The molecule has 1 heterocycles. The van der Waals surface area contributed by atoms with Crippen molar-refractivity contribution in [2.24, 2.45) is 0 Å². The first-order chi connectivity index (χ1) is 11.0. The van der Waals surface area contributed by atoms with Gasteiger partial charge in [0.05, 0.1) is 4.92 Å². The summed E-state index contributed by atoms with van der Waals surface area (Å²) in [6.07, 6.45) is 0.755. The normalized spacial score (nSPS) is 16.1. The number of aryl methyl sites for hydroxylation is 2. The summed E-state index contributed by atoms with van der Waals surface area (Å²) in [5.74, 6) is 0.428. The number of rotatable bonds is 3. The fourth-order valence-electron chi connectivity index (χ4n) is 2.62. The molecule has 2 aromatic carbocycles. The molecule has 118 valence electrons. The maximum atomic E-state index is 12.3. The van der Waals surface area contributed by atoms with Gasteiger partial charge >= 0.3 is 0 Å². The van der Waals surface area contributed by atoms with Crippen LogP contribution in [0, 0.1) is 17.0 Å². The standard InChI is InChI=1S/C17H16N2O4/c1-11-5-7-15-12(9-11)6-8-16(23-15)17(20)18-13-3-2-4-14(10-13)19(21)22/h2-5,7,9-10,16H,6,8H2,1H3,(H,18,20). The zero-order valence-electron chi connectivity index (χ0n) is 12.6. The van der Waals surface area contributed by atoms with Gasteiger partial charge in [-0.05, 0) is 37.5 Å². The van der Waals surface area contributed by atoms with Crippen LogP contribution in [0.15, 0.2) is 42.5 Å². The fraction of sp³-hybridized carbons (Fsp3) is 0.235. The Kier molecular flexibility index (Phi) is 3.97. The first kappa shape index (κ1) is 15.0. The van der Waals surface area contributed by atoms with Gasteiger partial charge in [0.1, 0.15) is 5.75 Å². The Hall–Kier alpha value is -2.89. The third kappa shape index (κ3) is 3.31. The van der Waals surface area contributed by atoms with E-state index in [0.717, 1.165) is 23.3 Å². The second kappa shape index (κ2) is 6.08. The van der Waals surface area contributed by atoms with E-state index in [1.54, 1.807) is 6.07 Å². The lowest BCUT2D eigenvalue weighted by Gasteiger charge is -2.25. The Labute approximate surface area is 133 Å². The Morgan fingerprint density at radius 3 is 2.91 bits per heavy atom. The molecule has 0 spiro atoms. The number of benzene rings is 2. The molecule has 6 heteroatoms. The average Bonchev–Trinajstić information content (AvgIpc) is 2.54. The number of nitrogens with zero attached hydrogens (tertiary/aromatic N) is 1. The third-order valence-corrected chi connectivity index (χ3v) is 3.78. The number of fused-ring (bicyclic) bond motifs is 1. The zero-order chi connectivity index (χ0) is 16.4. The molecule has 23 heavy (non-hydrogen) atoms. The van der Waals surface area contributed by atoms with Crippen LogP contribution in [0.1, 0.15) is 17.5 Å². The second-order valence-electron chi connectivity index (χ2n) is 5.55. The SMILES string of the molecule is Cc1ccc2c(c1)CCC(C(=O)Nc1cccc([N+](=O)[O-])c1)O2. The number of carbonyl (C=O) groups excluding carboxylic acids is 1. The molecule has 0 aliphatic carbocycles. The van der Waals surface area contributed by atoms with E-state index in [2.05, 4.69) is 11.4 Å². The van der Waals surface area contributed by atoms with Crippen LogP contribution in [0.25, 0.3) is 0 Å². The number of hydrogen-bond donors (Lipinski definition) is 1. The highest BCUT2D eigenvalue weighted by Crippen LogP contribution is 2.29. The molecule has 2 aromatic rings. The van der Waals surface area contributed by atoms with Crippen LogP contribution in [0.5, 0.6) is 5.75 Å².